The van der Waals surface area contributed by atoms with E-state index in [2.05, 4.69) is 11.9 Å². The topological polar surface area (TPSA) is 41.9 Å². The van der Waals surface area contributed by atoms with Crippen molar-refractivity contribution < 1.29 is 14.6 Å². The lowest BCUT2D eigenvalue weighted by Gasteiger charge is -2.16. The predicted octanol–water partition coefficient (Wildman–Crippen LogP) is 0.354. The van der Waals surface area contributed by atoms with Gasteiger partial charge >= 0.3 is 0 Å². The van der Waals surface area contributed by atoms with Gasteiger partial charge in [-0.05, 0) is 25.8 Å². The molecule has 0 amide bonds. The van der Waals surface area contributed by atoms with E-state index in [9.17, 15) is 0 Å². The second kappa shape index (κ2) is 8.05. The maximum atomic E-state index is 8.50. The van der Waals surface area contributed by atoms with Crippen molar-refractivity contribution in [3.05, 3.63) is 0 Å². The van der Waals surface area contributed by atoms with Crippen LogP contribution in [-0.2, 0) is 9.47 Å². The summed E-state index contributed by atoms with van der Waals surface area (Å²) >= 11 is 0. The Bertz CT molecular complexity index is 151. The summed E-state index contributed by atoms with van der Waals surface area (Å²) in [5.41, 5.74) is 0. The average Bonchev–Trinajstić information content (AvgIpc) is 3.03. The number of hydrogen-bond acceptors (Lipinski definition) is 4. The van der Waals surface area contributed by atoms with E-state index in [1.807, 2.05) is 0 Å². The zero-order valence-corrected chi connectivity index (χ0v) is 9.65. The summed E-state index contributed by atoms with van der Waals surface area (Å²) in [4.78, 5) is 2.18. The predicted molar refractivity (Wildman–Crippen MR) is 58.9 cm³/mol. The van der Waals surface area contributed by atoms with Crippen LogP contribution in [0.3, 0.4) is 0 Å². The van der Waals surface area contributed by atoms with Gasteiger partial charge in [-0.2, -0.15) is 0 Å². The number of aliphatic hydroxyl groups is 1. The molecule has 1 aliphatic carbocycles. The first-order chi connectivity index (χ1) is 7.33. The minimum atomic E-state index is 0.105. The summed E-state index contributed by atoms with van der Waals surface area (Å²) in [6, 6.07) is 0. The molecular weight excluding hydrogens is 194 g/mol. The Morgan fingerprint density at radius 2 is 1.80 bits per heavy atom. The smallest absolute Gasteiger partial charge is 0.0698 e. The fraction of sp³-hybridized carbons (Fsp3) is 1.00. The Hall–Kier alpha value is -0.160. The van der Waals surface area contributed by atoms with Crippen molar-refractivity contribution in [1.82, 2.24) is 4.90 Å². The first-order valence-corrected chi connectivity index (χ1v) is 5.78. The maximum absolute atomic E-state index is 8.50. The Balaban J connectivity index is 1.77. The summed E-state index contributed by atoms with van der Waals surface area (Å²) < 4.78 is 10.7. The molecule has 0 heterocycles. The normalized spacial score (nSPS) is 16.2. The van der Waals surface area contributed by atoms with Gasteiger partial charge < -0.3 is 19.5 Å². The average molecular weight is 217 g/mol. The van der Waals surface area contributed by atoms with Crippen molar-refractivity contribution in [3.63, 3.8) is 0 Å². The van der Waals surface area contributed by atoms with Crippen LogP contribution in [0.5, 0.6) is 0 Å². The molecule has 1 rings (SSSR count). The van der Waals surface area contributed by atoms with Crippen molar-refractivity contribution in [2.45, 2.75) is 12.8 Å². The molecular formula is C11H23NO3. The SMILES string of the molecule is CN(CCOCCO)CCOCC1CC1. The van der Waals surface area contributed by atoms with Crippen LogP contribution in [0, 0.1) is 5.92 Å². The van der Waals surface area contributed by atoms with E-state index in [0.29, 0.717) is 13.2 Å². The van der Waals surface area contributed by atoms with E-state index in [4.69, 9.17) is 14.6 Å². The monoisotopic (exact) mass is 217 g/mol. The van der Waals surface area contributed by atoms with Crippen LogP contribution in [0.4, 0.5) is 0 Å². The van der Waals surface area contributed by atoms with Gasteiger partial charge in [-0.25, -0.2) is 0 Å². The Kier molecular flexibility index (Phi) is 6.92. The van der Waals surface area contributed by atoms with E-state index in [1.54, 1.807) is 0 Å². The molecule has 1 fully saturated rings. The Morgan fingerprint density at radius 3 is 2.40 bits per heavy atom. The molecule has 15 heavy (non-hydrogen) atoms. The summed E-state index contributed by atoms with van der Waals surface area (Å²) in [7, 11) is 2.06. The molecule has 1 saturated carbocycles. The van der Waals surface area contributed by atoms with Crippen molar-refractivity contribution in [2.75, 3.05) is 53.2 Å². The van der Waals surface area contributed by atoms with Crippen molar-refractivity contribution in [2.24, 2.45) is 5.92 Å². The maximum Gasteiger partial charge on any atom is 0.0698 e. The van der Waals surface area contributed by atoms with Gasteiger partial charge in [-0.3, -0.25) is 0 Å². The summed E-state index contributed by atoms with van der Waals surface area (Å²) in [5, 5.41) is 8.50. The zero-order valence-electron chi connectivity index (χ0n) is 9.65. The fourth-order valence-electron chi connectivity index (χ4n) is 1.25. The third kappa shape index (κ3) is 7.73. The van der Waals surface area contributed by atoms with E-state index >= 15 is 0 Å². The quantitative estimate of drug-likeness (QED) is 0.536. The molecule has 4 nitrogen and oxygen atoms in total. The van der Waals surface area contributed by atoms with Crippen molar-refractivity contribution in [1.29, 1.82) is 0 Å². The molecule has 0 saturated heterocycles. The molecule has 90 valence electrons. The summed E-state index contributed by atoms with van der Waals surface area (Å²) in [6.45, 7) is 4.82. The molecule has 0 atom stereocenters. The Morgan fingerprint density at radius 1 is 1.13 bits per heavy atom. The molecule has 4 heteroatoms. The number of ether oxygens (including phenoxy) is 2. The molecule has 0 bridgehead atoms. The van der Waals surface area contributed by atoms with Gasteiger partial charge in [-0.15, -0.1) is 0 Å². The second-order valence-corrected chi connectivity index (χ2v) is 4.16. The van der Waals surface area contributed by atoms with Gasteiger partial charge in [0.25, 0.3) is 0 Å². The van der Waals surface area contributed by atoms with Crippen LogP contribution < -0.4 is 0 Å². The molecule has 0 spiro atoms. The molecule has 0 aromatic heterocycles. The van der Waals surface area contributed by atoms with Gasteiger partial charge in [0.05, 0.1) is 26.4 Å². The molecule has 0 aromatic rings. The minimum Gasteiger partial charge on any atom is -0.394 e. The first-order valence-electron chi connectivity index (χ1n) is 5.78. The highest BCUT2D eigenvalue weighted by atomic mass is 16.5. The number of rotatable bonds is 10. The lowest BCUT2D eigenvalue weighted by atomic mass is 10.5. The third-order valence-electron chi connectivity index (χ3n) is 2.52. The summed E-state index contributed by atoms with van der Waals surface area (Å²) in [6.07, 6.45) is 2.70. The highest BCUT2D eigenvalue weighted by Gasteiger charge is 2.20. The van der Waals surface area contributed by atoms with Crippen molar-refractivity contribution in [3.8, 4) is 0 Å². The lowest BCUT2D eigenvalue weighted by Crippen LogP contribution is -2.27. The van der Waals surface area contributed by atoms with Crippen LogP contribution in [-0.4, -0.2) is 63.2 Å². The third-order valence-corrected chi connectivity index (χ3v) is 2.52. The van der Waals surface area contributed by atoms with Gasteiger partial charge in [-0.1, -0.05) is 0 Å². The first kappa shape index (κ1) is 12.9. The van der Waals surface area contributed by atoms with E-state index < -0.39 is 0 Å². The molecule has 0 aliphatic heterocycles. The van der Waals surface area contributed by atoms with Crippen LogP contribution in [0.15, 0.2) is 0 Å². The molecule has 0 unspecified atom stereocenters. The van der Waals surface area contributed by atoms with Crippen LogP contribution in [0.25, 0.3) is 0 Å². The lowest BCUT2D eigenvalue weighted by molar-refractivity contribution is 0.0648. The Labute approximate surface area is 92.2 Å². The largest absolute Gasteiger partial charge is 0.394 e. The van der Waals surface area contributed by atoms with Crippen LogP contribution in [0.1, 0.15) is 12.8 Å². The molecule has 0 aromatic carbocycles. The number of hydrogen-bond donors (Lipinski definition) is 1. The molecule has 1 N–H and O–H groups in total. The highest BCUT2D eigenvalue weighted by Crippen LogP contribution is 2.28. The zero-order chi connectivity index (χ0) is 10.9. The standard InChI is InChI=1S/C11H23NO3/c1-12(4-7-14-9-6-13)5-8-15-10-11-2-3-11/h11,13H,2-10H2,1H3. The van der Waals surface area contributed by atoms with E-state index in [0.717, 1.165) is 32.2 Å². The van der Waals surface area contributed by atoms with Gasteiger partial charge in [0, 0.05) is 19.7 Å². The number of aliphatic hydroxyl groups excluding tert-OH is 1. The number of likely N-dealkylation sites (N-methyl/N-ethyl adjacent to an activating group) is 1. The molecule has 1 aliphatic rings. The van der Waals surface area contributed by atoms with Crippen LogP contribution in [0.2, 0.25) is 0 Å². The van der Waals surface area contributed by atoms with E-state index in [1.165, 1.54) is 12.8 Å². The molecule has 0 radical (unpaired) electrons. The van der Waals surface area contributed by atoms with Crippen molar-refractivity contribution >= 4 is 0 Å². The van der Waals surface area contributed by atoms with Gasteiger partial charge in [0.15, 0.2) is 0 Å². The highest BCUT2D eigenvalue weighted by molar-refractivity contribution is 4.71. The second-order valence-electron chi connectivity index (χ2n) is 4.16. The van der Waals surface area contributed by atoms with Crippen LogP contribution >= 0.6 is 0 Å². The summed E-state index contributed by atoms with van der Waals surface area (Å²) in [5.74, 6) is 0.850. The van der Waals surface area contributed by atoms with Gasteiger partial charge in [0.1, 0.15) is 0 Å². The van der Waals surface area contributed by atoms with E-state index in [-0.39, 0.29) is 6.61 Å². The van der Waals surface area contributed by atoms with Gasteiger partial charge in [0.2, 0.25) is 0 Å². The number of nitrogens with zero attached hydrogens (tertiary/aromatic N) is 1. The fourth-order valence-corrected chi connectivity index (χ4v) is 1.25. The minimum absolute atomic E-state index is 0.105.